The molecule has 0 spiro atoms. The molecule has 1 heterocycles. The third kappa shape index (κ3) is 5.04. The van der Waals surface area contributed by atoms with Crippen molar-refractivity contribution in [1.82, 2.24) is 4.98 Å². The molecular formula is C17H17ClN2O4. The molecule has 7 heteroatoms. The molecule has 0 fully saturated rings. The van der Waals surface area contributed by atoms with Crippen LogP contribution >= 0.6 is 11.6 Å². The van der Waals surface area contributed by atoms with E-state index in [9.17, 15) is 9.59 Å². The van der Waals surface area contributed by atoms with Gasteiger partial charge in [0.1, 0.15) is 5.82 Å². The summed E-state index contributed by atoms with van der Waals surface area (Å²) >= 11 is 5.73. The van der Waals surface area contributed by atoms with Crippen molar-refractivity contribution in [3.8, 4) is 0 Å². The number of carbonyl (C=O) groups is 2. The zero-order chi connectivity index (χ0) is 17.5. The Morgan fingerprint density at radius 3 is 2.50 bits per heavy atom. The van der Waals surface area contributed by atoms with Crippen LogP contribution in [0.15, 0.2) is 42.6 Å². The first-order valence-corrected chi connectivity index (χ1v) is 7.58. The Bertz CT molecular complexity index is 702. The number of methoxy groups -OCH3 is 1. The molecule has 1 aromatic carbocycles. The Kier molecular flexibility index (Phi) is 6.28. The van der Waals surface area contributed by atoms with E-state index in [0.717, 1.165) is 5.56 Å². The van der Waals surface area contributed by atoms with Crippen molar-refractivity contribution >= 4 is 29.3 Å². The van der Waals surface area contributed by atoms with Crippen LogP contribution in [-0.2, 0) is 20.9 Å². The molecule has 0 saturated carbocycles. The van der Waals surface area contributed by atoms with Gasteiger partial charge in [0, 0.05) is 13.3 Å². The third-order valence-corrected chi connectivity index (χ3v) is 3.36. The summed E-state index contributed by atoms with van der Waals surface area (Å²) in [6.07, 6.45) is 0.448. The average Bonchev–Trinajstić information content (AvgIpc) is 2.57. The SMILES string of the molecule is COCc1ccc(C(=O)OC(C)C(=O)Nc2ccc(Cl)cn2)cc1. The van der Waals surface area contributed by atoms with E-state index in [1.54, 1.807) is 43.5 Å². The van der Waals surface area contributed by atoms with E-state index in [1.807, 2.05) is 0 Å². The van der Waals surface area contributed by atoms with Crippen LogP contribution < -0.4 is 5.32 Å². The van der Waals surface area contributed by atoms with Crippen LogP contribution in [0.3, 0.4) is 0 Å². The van der Waals surface area contributed by atoms with E-state index >= 15 is 0 Å². The number of nitrogens with zero attached hydrogens (tertiary/aromatic N) is 1. The average molecular weight is 349 g/mol. The molecule has 6 nitrogen and oxygen atoms in total. The molecule has 126 valence electrons. The summed E-state index contributed by atoms with van der Waals surface area (Å²) in [7, 11) is 1.60. The van der Waals surface area contributed by atoms with Crippen LogP contribution in [0, 0.1) is 0 Å². The monoisotopic (exact) mass is 348 g/mol. The number of aromatic nitrogens is 1. The number of pyridine rings is 1. The van der Waals surface area contributed by atoms with Crippen molar-refractivity contribution in [3.05, 3.63) is 58.7 Å². The van der Waals surface area contributed by atoms with Gasteiger partial charge in [-0.25, -0.2) is 9.78 Å². The molecule has 1 N–H and O–H groups in total. The number of carbonyl (C=O) groups excluding carboxylic acids is 2. The van der Waals surface area contributed by atoms with Crippen LogP contribution in [0.4, 0.5) is 5.82 Å². The van der Waals surface area contributed by atoms with Crippen LogP contribution in [0.2, 0.25) is 5.02 Å². The lowest BCUT2D eigenvalue weighted by Gasteiger charge is -2.13. The van der Waals surface area contributed by atoms with Gasteiger partial charge in [-0.3, -0.25) is 4.79 Å². The Labute approximate surface area is 144 Å². The van der Waals surface area contributed by atoms with Crippen molar-refractivity contribution < 1.29 is 19.1 Å². The molecule has 2 rings (SSSR count). The van der Waals surface area contributed by atoms with Crippen molar-refractivity contribution in [2.75, 3.05) is 12.4 Å². The quantitative estimate of drug-likeness (QED) is 0.812. The maximum absolute atomic E-state index is 12.1. The fraction of sp³-hybridized carbons (Fsp3) is 0.235. The summed E-state index contributed by atoms with van der Waals surface area (Å²) in [6, 6.07) is 9.95. The summed E-state index contributed by atoms with van der Waals surface area (Å²) in [5.74, 6) is -0.726. The number of hydrogen-bond donors (Lipinski definition) is 1. The minimum Gasteiger partial charge on any atom is -0.449 e. The first-order chi connectivity index (χ1) is 11.5. The number of benzene rings is 1. The molecule has 2 aromatic rings. The zero-order valence-corrected chi connectivity index (χ0v) is 14.0. The number of rotatable bonds is 6. The smallest absolute Gasteiger partial charge is 0.338 e. The lowest BCUT2D eigenvalue weighted by atomic mass is 10.1. The lowest BCUT2D eigenvalue weighted by Crippen LogP contribution is -2.30. The summed E-state index contributed by atoms with van der Waals surface area (Å²) in [5.41, 5.74) is 1.30. The number of hydrogen-bond acceptors (Lipinski definition) is 5. The molecule has 0 bridgehead atoms. The summed E-state index contributed by atoms with van der Waals surface area (Å²) in [6.45, 7) is 1.95. The molecule has 0 radical (unpaired) electrons. The second-order valence-corrected chi connectivity index (χ2v) is 5.46. The number of ether oxygens (including phenoxy) is 2. The highest BCUT2D eigenvalue weighted by Gasteiger charge is 2.19. The van der Waals surface area contributed by atoms with Crippen LogP contribution in [0.1, 0.15) is 22.8 Å². The first kappa shape index (κ1) is 17.9. The van der Waals surface area contributed by atoms with Gasteiger partial charge in [-0.15, -0.1) is 0 Å². The van der Waals surface area contributed by atoms with E-state index in [1.165, 1.54) is 13.1 Å². The van der Waals surface area contributed by atoms with E-state index in [2.05, 4.69) is 10.3 Å². The predicted octanol–water partition coefficient (Wildman–Crippen LogP) is 3.07. The minimum atomic E-state index is -0.964. The number of amides is 1. The Balaban J connectivity index is 1.92. The van der Waals surface area contributed by atoms with Gasteiger partial charge < -0.3 is 14.8 Å². The summed E-state index contributed by atoms with van der Waals surface area (Å²) in [5, 5.41) is 3.01. The van der Waals surface area contributed by atoms with Gasteiger partial charge in [0.15, 0.2) is 6.10 Å². The maximum atomic E-state index is 12.1. The van der Waals surface area contributed by atoms with Crippen molar-refractivity contribution in [2.24, 2.45) is 0 Å². The van der Waals surface area contributed by atoms with Gasteiger partial charge in [-0.05, 0) is 36.8 Å². The number of nitrogens with one attached hydrogen (secondary N) is 1. The van der Waals surface area contributed by atoms with E-state index in [-0.39, 0.29) is 0 Å². The second-order valence-electron chi connectivity index (χ2n) is 5.03. The highest BCUT2D eigenvalue weighted by atomic mass is 35.5. The molecule has 1 unspecified atom stereocenters. The largest absolute Gasteiger partial charge is 0.449 e. The van der Waals surface area contributed by atoms with Crippen molar-refractivity contribution in [3.63, 3.8) is 0 Å². The van der Waals surface area contributed by atoms with Gasteiger partial charge in [-0.2, -0.15) is 0 Å². The first-order valence-electron chi connectivity index (χ1n) is 7.21. The van der Waals surface area contributed by atoms with Crippen LogP contribution in [0.25, 0.3) is 0 Å². The molecule has 24 heavy (non-hydrogen) atoms. The van der Waals surface area contributed by atoms with Gasteiger partial charge in [-0.1, -0.05) is 23.7 Å². The standard InChI is InChI=1S/C17H17ClN2O4/c1-11(16(21)20-15-8-7-14(18)9-19-15)24-17(22)13-5-3-12(4-6-13)10-23-2/h3-9,11H,10H2,1-2H3,(H,19,20,21). The maximum Gasteiger partial charge on any atom is 0.338 e. The fourth-order valence-corrected chi connectivity index (χ4v) is 1.98. The molecule has 0 aliphatic rings. The normalized spacial score (nSPS) is 11.6. The van der Waals surface area contributed by atoms with Gasteiger partial charge >= 0.3 is 5.97 Å². The molecule has 1 aromatic heterocycles. The summed E-state index contributed by atoms with van der Waals surface area (Å²) in [4.78, 5) is 28.0. The highest BCUT2D eigenvalue weighted by Crippen LogP contribution is 2.11. The van der Waals surface area contributed by atoms with E-state index in [0.29, 0.717) is 23.0 Å². The predicted molar refractivity (Wildman–Crippen MR) is 89.9 cm³/mol. The topological polar surface area (TPSA) is 77.5 Å². The molecule has 0 aliphatic carbocycles. The Hall–Kier alpha value is -2.44. The van der Waals surface area contributed by atoms with E-state index in [4.69, 9.17) is 21.1 Å². The zero-order valence-electron chi connectivity index (χ0n) is 13.3. The third-order valence-electron chi connectivity index (χ3n) is 3.13. The summed E-state index contributed by atoms with van der Waals surface area (Å²) < 4.78 is 10.2. The van der Waals surface area contributed by atoms with Crippen LogP contribution in [-0.4, -0.2) is 30.1 Å². The fourth-order valence-electron chi connectivity index (χ4n) is 1.86. The molecule has 1 atom stereocenters. The molecule has 0 aliphatic heterocycles. The van der Waals surface area contributed by atoms with Gasteiger partial charge in [0.05, 0.1) is 17.2 Å². The van der Waals surface area contributed by atoms with Crippen LogP contribution in [0.5, 0.6) is 0 Å². The van der Waals surface area contributed by atoms with Gasteiger partial charge in [0.25, 0.3) is 5.91 Å². The number of anilines is 1. The minimum absolute atomic E-state index is 0.330. The lowest BCUT2D eigenvalue weighted by molar-refractivity contribution is -0.123. The van der Waals surface area contributed by atoms with Gasteiger partial charge in [0.2, 0.25) is 0 Å². The van der Waals surface area contributed by atoms with Crippen molar-refractivity contribution in [2.45, 2.75) is 19.6 Å². The Morgan fingerprint density at radius 1 is 1.21 bits per heavy atom. The number of halogens is 1. The molecule has 0 saturated heterocycles. The molecule has 1 amide bonds. The van der Waals surface area contributed by atoms with E-state index < -0.39 is 18.0 Å². The number of esters is 1. The molecular weight excluding hydrogens is 332 g/mol. The van der Waals surface area contributed by atoms with Crippen molar-refractivity contribution in [1.29, 1.82) is 0 Å². The highest BCUT2D eigenvalue weighted by molar-refractivity contribution is 6.30. The second kappa shape index (κ2) is 8.42. The Morgan fingerprint density at radius 2 is 1.92 bits per heavy atom.